The van der Waals surface area contributed by atoms with E-state index in [2.05, 4.69) is 12.1 Å². The first kappa shape index (κ1) is 11.5. The van der Waals surface area contributed by atoms with Gasteiger partial charge in [0.05, 0.1) is 11.6 Å². The van der Waals surface area contributed by atoms with E-state index in [0.29, 0.717) is 0 Å². The Morgan fingerprint density at radius 3 is 2.69 bits per heavy atom. The van der Waals surface area contributed by atoms with Gasteiger partial charge in [-0.15, -0.1) is 0 Å². The van der Waals surface area contributed by atoms with Gasteiger partial charge >= 0.3 is 0 Å². The summed E-state index contributed by atoms with van der Waals surface area (Å²) in [6, 6.07) is 10.2. The molecule has 1 aliphatic rings. The van der Waals surface area contributed by atoms with Crippen molar-refractivity contribution in [3.63, 3.8) is 0 Å². The SMILES string of the molecule is N#Cc1ccccc1CSC1CCCCC1. The summed E-state index contributed by atoms with van der Waals surface area (Å²) in [5.41, 5.74) is 2.03. The van der Waals surface area contributed by atoms with Crippen LogP contribution in [0, 0.1) is 11.3 Å². The van der Waals surface area contributed by atoms with E-state index >= 15 is 0 Å². The second-order valence-electron chi connectivity index (χ2n) is 4.34. The van der Waals surface area contributed by atoms with E-state index in [1.165, 1.54) is 37.7 Å². The first-order chi connectivity index (χ1) is 7.90. The Kier molecular flexibility index (Phi) is 4.30. The minimum atomic E-state index is 0.820. The van der Waals surface area contributed by atoms with Crippen LogP contribution in [0.25, 0.3) is 0 Å². The van der Waals surface area contributed by atoms with E-state index in [9.17, 15) is 0 Å². The number of nitrogens with zero attached hydrogens (tertiary/aromatic N) is 1. The first-order valence-corrected chi connectivity index (χ1v) is 7.04. The van der Waals surface area contributed by atoms with E-state index in [1.807, 2.05) is 30.0 Å². The van der Waals surface area contributed by atoms with Crippen LogP contribution in [0.3, 0.4) is 0 Å². The molecule has 0 amide bonds. The standard InChI is InChI=1S/C14H17NS/c15-10-12-6-4-5-7-13(12)11-16-14-8-2-1-3-9-14/h4-7,14H,1-3,8-9,11H2. The third-order valence-corrected chi connectivity index (χ3v) is 4.59. The van der Waals surface area contributed by atoms with Crippen LogP contribution in [0.5, 0.6) is 0 Å². The average molecular weight is 231 g/mol. The van der Waals surface area contributed by atoms with Gasteiger partial charge in [-0.2, -0.15) is 17.0 Å². The molecule has 1 fully saturated rings. The molecule has 2 rings (SSSR count). The van der Waals surface area contributed by atoms with E-state index in [1.54, 1.807) is 0 Å². The molecule has 0 aromatic heterocycles. The highest BCUT2D eigenvalue weighted by Crippen LogP contribution is 2.30. The lowest BCUT2D eigenvalue weighted by atomic mass is 10.0. The van der Waals surface area contributed by atoms with Crippen LogP contribution in [-0.4, -0.2) is 5.25 Å². The van der Waals surface area contributed by atoms with Crippen molar-refractivity contribution in [2.75, 3.05) is 0 Å². The Bertz CT molecular complexity index is 375. The van der Waals surface area contributed by atoms with Gasteiger partial charge in [0.15, 0.2) is 0 Å². The lowest BCUT2D eigenvalue weighted by Crippen LogP contribution is -2.08. The van der Waals surface area contributed by atoms with Crippen molar-refractivity contribution < 1.29 is 0 Å². The molecule has 84 valence electrons. The van der Waals surface area contributed by atoms with Crippen LogP contribution in [-0.2, 0) is 5.75 Å². The average Bonchev–Trinajstić information content (AvgIpc) is 2.38. The summed E-state index contributed by atoms with van der Waals surface area (Å²) >= 11 is 2.03. The van der Waals surface area contributed by atoms with Gasteiger partial charge in [0.2, 0.25) is 0 Å². The third kappa shape index (κ3) is 3.02. The molecule has 0 aliphatic heterocycles. The fourth-order valence-corrected chi connectivity index (χ4v) is 3.53. The highest BCUT2D eigenvalue weighted by atomic mass is 32.2. The van der Waals surface area contributed by atoms with Gasteiger partial charge in [-0.25, -0.2) is 0 Å². The maximum Gasteiger partial charge on any atom is 0.0994 e. The van der Waals surface area contributed by atoms with Gasteiger partial charge in [-0.1, -0.05) is 37.5 Å². The quantitative estimate of drug-likeness (QED) is 0.781. The van der Waals surface area contributed by atoms with Crippen molar-refractivity contribution >= 4 is 11.8 Å². The first-order valence-electron chi connectivity index (χ1n) is 6.00. The highest BCUT2D eigenvalue weighted by molar-refractivity contribution is 7.99. The van der Waals surface area contributed by atoms with E-state index in [4.69, 9.17) is 5.26 Å². The minimum Gasteiger partial charge on any atom is -0.192 e. The van der Waals surface area contributed by atoms with Crippen LogP contribution < -0.4 is 0 Å². The summed E-state index contributed by atoms with van der Waals surface area (Å²) in [6.45, 7) is 0. The Hall–Kier alpha value is -0.940. The number of nitriles is 1. The fraction of sp³-hybridized carbons (Fsp3) is 0.500. The molecule has 0 radical (unpaired) electrons. The van der Waals surface area contributed by atoms with Gasteiger partial charge in [-0.05, 0) is 24.5 Å². The van der Waals surface area contributed by atoms with E-state index in [-0.39, 0.29) is 0 Å². The van der Waals surface area contributed by atoms with Crippen LogP contribution >= 0.6 is 11.8 Å². The van der Waals surface area contributed by atoms with Gasteiger partial charge in [0, 0.05) is 11.0 Å². The predicted octanol–water partition coefficient (Wildman–Crippen LogP) is 4.12. The molecule has 0 unspecified atom stereocenters. The lowest BCUT2D eigenvalue weighted by molar-refractivity contribution is 0.516. The molecular weight excluding hydrogens is 214 g/mol. The summed E-state index contributed by atoms with van der Waals surface area (Å²) in [4.78, 5) is 0. The van der Waals surface area contributed by atoms with Crippen LogP contribution in [0.15, 0.2) is 24.3 Å². The second-order valence-corrected chi connectivity index (χ2v) is 5.63. The van der Waals surface area contributed by atoms with Gasteiger partial charge < -0.3 is 0 Å². The molecule has 0 N–H and O–H groups in total. The molecule has 1 aromatic rings. The molecule has 0 spiro atoms. The molecule has 2 heteroatoms. The summed E-state index contributed by atoms with van der Waals surface area (Å²) in [6.07, 6.45) is 6.90. The predicted molar refractivity (Wildman–Crippen MR) is 69.3 cm³/mol. The van der Waals surface area contributed by atoms with Gasteiger partial charge in [-0.3, -0.25) is 0 Å². The third-order valence-electron chi connectivity index (χ3n) is 3.16. The highest BCUT2D eigenvalue weighted by Gasteiger charge is 2.14. The minimum absolute atomic E-state index is 0.820. The molecule has 16 heavy (non-hydrogen) atoms. The van der Waals surface area contributed by atoms with Gasteiger partial charge in [0.1, 0.15) is 0 Å². The maximum atomic E-state index is 9.00. The molecule has 0 atom stereocenters. The Morgan fingerprint density at radius 2 is 1.94 bits per heavy atom. The number of benzene rings is 1. The Morgan fingerprint density at radius 1 is 1.19 bits per heavy atom. The van der Waals surface area contributed by atoms with Crippen molar-refractivity contribution in [2.24, 2.45) is 0 Å². The summed E-state index contributed by atoms with van der Waals surface area (Å²) in [5, 5.41) is 9.82. The maximum absolute atomic E-state index is 9.00. The fourth-order valence-electron chi connectivity index (χ4n) is 2.19. The van der Waals surface area contributed by atoms with Crippen molar-refractivity contribution in [2.45, 2.75) is 43.1 Å². The Labute approximate surface area is 102 Å². The molecule has 1 nitrogen and oxygen atoms in total. The number of rotatable bonds is 3. The largest absolute Gasteiger partial charge is 0.192 e. The molecule has 1 aromatic carbocycles. The summed E-state index contributed by atoms with van der Waals surface area (Å²) in [5.74, 6) is 0.994. The number of hydrogen-bond donors (Lipinski definition) is 0. The van der Waals surface area contributed by atoms with Crippen molar-refractivity contribution in [3.05, 3.63) is 35.4 Å². The van der Waals surface area contributed by atoms with Gasteiger partial charge in [0.25, 0.3) is 0 Å². The number of hydrogen-bond acceptors (Lipinski definition) is 2. The zero-order valence-corrected chi connectivity index (χ0v) is 10.3. The van der Waals surface area contributed by atoms with E-state index in [0.717, 1.165) is 16.6 Å². The zero-order chi connectivity index (χ0) is 11.2. The van der Waals surface area contributed by atoms with Crippen LogP contribution in [0.2, 0.25) is 0 Å². The van der Waals surface area contributed by atoms with Crippen molar-refractivity contribution in [1.82, 2.24) is 0 Å². The normalized spacial score (nSPS) is 16.9. The molecule has 1 aliphatic carbocycles. The smallest absolute Gasteiger partial charge is 0.0994 e. The lowest BCUT2D eigenvalue weighted by Gasteiger charge is -2.21. The summed E-state index contributed by atoms with van der Waals surface area (Å²) < 4.78 is 0. The van der Waals surface area contributed by atoms with Crippen LogP contribution in [0.1, 0.15) is 43.2 Å². The van der Waals surface area contributed by atoms with Crippen molar-refractivity contribution in [3.8, 4) is 6.07 Å². The second kappa shape index (κ2) is 5.96. The number of thioether (sulfide) groups is 1. The summed E-state index contributed by atoms with van der Waals surface area (Å²) in [7, 11) is 0. The van der Waals surface area contributed by atoms with E-state index < -0.39 is 0 Å². The molecule has 0 saturated heterocycles. The van der Waals surface area contributed by atoms with Crippen LogP contribution in [0.4, 0.5) is 0 Å². The van der Waals surface area contributed by atoms with Crippen molar-refractivity contribution in [1.29, 1.82) is 5.26 Å². The zero-order valence-electron chi connectivity index (χ0n) is 9.48. The Balaban J connectivity index is 1.91. The molecule has 0 bridgehead atoms. The topological polar surface area (TPSA) is 23.8 Å². The molecule has 0 heterocycles. The molecule has 1 saturated carbocycles. The monoisotopic (exact) mass is 231 g/mol. The molecular formula is C14H17NS.